The number of benzene rings is 13. The Kier molecular flexibility index (Phi) is 12.3. The smallest absolute Gasteiger partial charge is 0.151 e. The second-order valence-corrected chi connectivity index (χ2v) is 22.9. The van der Waals surface area contributed by atoms with Gasteiger partial charge >= 0.3 is 0 Å². The third-order valence-corrected chi connectivity index (χ3v) is 17.6. The van der Waals surface area contributed by atoms with Crippen molar-refractivity contribution in [2.45, 2.75) is 0 Å². The second kappa shape index (κ2) is 21.6. The van der Waals surface area contributed by atoms with Crippen molar-refractivity contribution in [3.63, 3.8) is 0 Å². The Balaban J connectivity index is 1.07. The molecule has 0 radical (unpaired) electrons. The summed E-state index contributed by atoms with van der Waals surface area (Å²) < 4.78 is 28.2. The van der Waals surface area contributed by atoms with Gasteiger partial charge in [-0.3, -0.25) is 9.80 Å². The van der Waals surface area contributed by atoms with Crippen molar-refractivity contribution in [2.75, 3.05) is 19.6 Å². The van der Waals surface area contributed by atoms with E-state index >= 15 is 0 Å². The summed E-state index contributed by atoms with van der Waals surface area (Å²) in [6, 6.07) is 112. The van der Waals surface area contributed by atoms with Crippen LogP contribution in [-0.4, -0.2) is 4.98 Å². The minimum Gasteiger partial charge on any atom is -0.453 e. The maximum atomic E-state index is 7.06. The first-order valence-corrected chi connectivity index (χ1v) is 30.8. The Morgan fingerprint density at radius 3 is 0.772 bits per heavy atom. The average molecular weight is 1180 g/mol. The predicted molar refractivity (Wildman–Crippen MR) is 370 cm³/mol. The summed E-state index contributed by atoms with van der Waals surface area (Å²) in [7, 11) is 0. The molecule has 18 rings (SSSR count). The SMILES string of the molecule is c1ccc(-c2ccc(-c3ccc(-c4c(-c5ccccc5)c(N5c6ccccc6Oc6ccccc65)c(N5c6ccccc6Oc6ccccc65)c(N5c6ccccc6Oc6ccccc65)c4N4c5ccccc5Oc5ccccc54)cc3)c(-c3ccccc3)n2)cc1. The number of pyridine rings is 1. The van der Waals surface area contributed by atoms with E-state index in [1.807, 2.05) is 54.6 Å². The van der Waals surface area contributed by atoms with Gasteiger partial charge in [-0.05, 0) is 120 Å². The number of hydrogen-bond donors (Lipinski definition) is 0. The van der Waals surface area contributed by atoms with Crippen LogP contribution in [0, 0.1) is 0 Å². The number of fused-ring (bicyclic) bond motifs is 8. The van der Waals surface area contributed by atoms with Crippen LogP contribution in [0.15, 0.2) is 322 Å². The Morgan fingerprint density at radius 1 is 0.196 bits per heavy atom. The molecule has 92 heavy (non-hydrogen) atoms. The lowest BCUT2D eigenvalue weighted by Crippen LogP contribution is -2.28. The summed E-state index contributed by atoms with van der Waals surface area (Å²) in [5.41, 5.74) is 19.8. The van der Waals surface area contributed by atoms with Crippen LogP contribution >= 0.6 is 0 Å². The van der Waals surface area contributed by atoms with Gasteiger partial charge in [-0.25, -0.2) is 4.98 Å². The molecular formula is C83H53N5O4. The molecule has 0 fully saturated rings. The zero-order valence-electron chi connectivity index (χ0n) is 49.5. The highest BCUT2D eigenvalue weighted by molar-refractivity contribution is 6.21. The molecule has 0 N–H and O–H groups in total. The fourth-order valence-electron chi connectivity index (χ4n) is 13.6. The molecule has 4 aliphatic rings. The Bertz CT molecular complexity index is 5030. The zero-order chi connectivity index (χ0) is 60.6. The van der Waals surface area contributed by atoms with Crippen molar-refractivity contribution in [3.05, 3.63) is 322 Å². The summed E-state index contributed by atoms with van der Waals surface area (Å²) in [6.07, 6.45) is 0. The van der Waals surface area contributed by atoms with Gasteiger partial charge in [-0.15, -0.1) is 0 Å². The van der Waals surface area contributed by atoms with E-state index in [-0.39, 0.29) is 0 Å². The summed E-state index contributed by atoms with van der Waals surface area (Å²) in [5, 5.41) is 0. The van der Waals surface area contributed by atoms with Gasteiger partial charge < -0.3 is 28.7 Å². The van der Waals surface area contributed by atoms with E-state index in [9.17, 15) is 0 Å². The number of ether oxygens (including phenoxy) is 4. The summed E-state index contributed by atoms with van der Waals surface area (Å²) in [5.74, 6) is 5.58. The summed E-state index contributed by atoms with van der Waals surface area (Å²) >= 11 is 0. The van der Waals surface area contributed by atoms with E-state index in [0.717, 1.165) is 124 Å². The van der Waals surface area contributed by atoms with Crippen molar-refractivity contribution in [1.29, 1.82) is 0 Å². The monoisotopic (exact) mass is 1180 g/mol. The molecule has 0 saturated heterocycles. The van der Waals surface area contributed by atoms with Crippen molar-refractivity contribution in [3.8, 4) is 102 Å². The van der Waals surface area contributed by atoms with Gasteiger partial charge in [-0.1, -0.05) is 218 Å². The van der Waals surface area contributed by atoms with E-state index in [1.54, 1.807) is 0 Å². The topological polar surface area (TPSA) is 62.8 Å². The highest BCUT2D eigenvalue weighted by Gasteiger charge is 2.45. The van der Waals surface area contributed by atoms with E-state index < -0.39 is 0 Å². The van der Waals surface area contributed by atoms with Gasteiger partial charge in [0.05, 0.1) is 79.6 Å². The van der Waals surface area contributed by atoms with Gasteiger partial charge in [0.15, 0.2) is 46.0 Å². The number of rotatable bonds is 9. The average Bonchev–Trinajstić information content (AvgIpc) is 0.691. The first-order valence-electron chi connectivity index (χ1n) is 30.8. The maximum Gasteiger partial charge on any atom is 0.151 e. The Morgan fingerprint density at radius 2 is 0.446 bits per heavy atom. The minimum absolute atomic E-state index is 0.691. The van der Waals surface area contributed by atoms with Gasteiger partial charge in [0.25, 0.3) is 0 Å². The van der Waals surface area contributed by atoms with E-state index in [2.05, 4.69) is 287 Å². The highest BCUT2D eigenvalue weighted by Crippen LogP contribution is 2.70. The molecule has 0 spiro atoms. The zero-order valence-corrected chi connectivity index (χ0v) is 49.5. The third-order valence-electron chi connectivity index (χ3n) is 17.6. The normalized spacial score (nSPS) is 12.8. The van der Waals surface area contributed by atoms with Gasteiger partial charge in [-0.2, -0.15) is 0 Å². The predicted octanol–water partition coefficient (Wildman–Crippen LogP) is 23.7. The Labute approximate surface area is 532 Å². The van der Waals surface area contributed by atoms with Crippen molar-refractivity contribution in [2.24, 2.45) is 0 Å². The van der Waals surface area contributed by atoms with Gasteiger partial charge in [0, 0.05) is 27.8 Å². The molecule has 0 atom stereocenters. The minimum atomic E-state index is 0.691. The fraction of sp³-hybridized carbons (Fsp3) is 0. The first-order chi connectivity index (χ1) is 45.7. The number of anilines is 12. The molecule has 0 amide bonds. The third kappa shape index (κ3) is 8.51. The molecule has 14 aromatic rings. The number of aromatic nitrogens is 1. The van der Waals surface area contributed by atoms with Crippen LogP contribution < -0.4 is 38.5 Å². The lowest BCUT2D eigenvalue weighted by molar-refractivity contribution is 0.475. The van der Waals surface area contributed by atoms with Crippen LogP contribution in [0.2, 0.25) is 0 Å². The molecule has 9 nitrogen and oxygen atoms in total. The quantitative estimate of drug-likeness (QED) is 0.141. The van der Waals surface area contributed by atoms with Crippen LogP contribution in [0.1, 0.15) is 0 Å². The van der Waals surface area contributed by atoms with E-state index in [1.165, 1.54) is 0 Å². The molecule has 9 heteroatoms. The maximum absolute atomic E-state index is 7.06. The van der Waals surface area contributed by atoms with Crippen molar-refractivity contribution in [1.82, 2.24) is 4.98 Å². The van der Waals surface area contributed by atoms with E-state index in [4.69, 9.17) is 23.9 Å². The number of para-hydroxylation sites is 16. The molecule has 0 aliphatic carbocycles. The molecule has 4 aliphatic heterocycles. The molecule has 13 aromatic carbocycles. The van der Waals surface area contributed by atoms with E-state index in [0.29, 0.717) is 46.0 Å². The van der Waals surface area contributed by atoms with Crippen LogP contribution in [0.25, 0.3) is 55.9 Å². The van der Waals surface area contributed by atoms with Gasteiger partial charge in [0.1, 0.15) is 0 Å². The standard InChI is InChI=1S/C83H53N5O4/c1-4-26-55(27-5-1)60-53-52-59(79(84-60)58-30-8-3-9-31-58)54-48-50-57(51-49-54)78-77(56-28-6-2-7-29-56)80(85-61-32-10-18-40-69(61)89-70-41-19-11-33-62(70)85)82(87-65-36-14-22-44-73(65)91-74-45-23-15-37-66(74)87)83(88-67-38-16-24-46-75(67)92-76-47-25-17-39-68(76)88)81(78)86-63-34-12-20-42-71(63)90-72-43-21-13-35-64(72)86/h1-53H. The molecule has 0 saturated carbocycles. The largest absolute Gasteiger partial charge is 0.453 e. The highest BCUT2D eigenvalue weighted by atomic mass is 16.5. The lowest BCUT2D eigenvalue weighted by atomic mass is 9.85. The van der Waals surface area contributed by atoms with Crippen molar-refractivity contribution < 1.29 is 18.9 Å². The molecule has 0 bridgehead atoms. The van der Waals surface area contributed by atoms with Crippen LogP contribution in [0.4, 0.5) is 68.2 Å². The van der Waals surface area contributed by atoms with Gasteiger partial charge in [0.2, 0.25) is 0 Å². The van der Waals surface area contributed by atoms with Crippen LogP contribution in [-0.2, 0) is 0 Å². The van der Waals surface area contributed by atoms with Crippen molar-refractivity contribution >= 4 is 68.2 Å². The summed E-state index contributed by atoms with van der Waals surface area (Å²) in [6.45, 7) is 0. The number of hydrogen-bond acceptors (Lipinski definition) is 9. The van der Waals surface area contributed by atoms with Crippen LogP contribution in [0.3, 0.4) is 0 Å². The number of nitrogens with zero attached hydrogens (tertiary/aromatic N) is 5. The molecular weight excluding hydrogens is 1130 g/mol. The molecule has 434 valence electrons. The summed E-state index contributed by atoms with van der Waals surface area (Å²) in [4.78, 5) is 15.2. The Hall–Kier alpha value is -12.6. The second-order valence-electron chi connectivity index (χ2n) is 22.9. The molecule has 5 heterocycles. The first kappa shape index (κ1) is 52.5. The lowest BCUT2D eigenvalue weighted by Gasteiger charge is -2.46. The molecule has 0 unspecified atom stereocenters. The van der Waals surface area contributed by atoms with Crippen LogP contribution in [0.5, 0.6) is 46.0 Å². The molecule has 1 aromatic heterocycles. The fourth-order valence-corrected chi connectivity index (χ4v) is 13.6.